The first-order chi connectivity index (χ1) is 13.6. The summed E-state index contributed by atoms with van der Waals surface area (Å²) in [5.41, 5.74) is 3.52. The van der Waals surface area contributed by atoms with Gasteiger partial charge in [-0.1, -0.05) is 65.7 Å². The number of halogens is 2. The standard InChI is InChI=1S/C23H15Cl2NO2/c24-17-8-11-20(25)19(14-17)21-12-13-22(28-21)23(27)26-18-9-6-16(7-10-18)15-4-2-1-3-5-15/h1-14H,(H,26,27). The predicted octanol–water partition coefficient (Wildman–Crippen LogP) is 7.17. The van der Waals surface area contributed by atoms with E-state index in [1.54, 1.807) is 30.3 Å². The van der Waals surface area contributed by atoms with Crippen molar-refractivity contribution >= 4 is 34.8 Å². The molecule has 3 aromatic carbocycles. The van der Waals surface area contributed by atoms with Gasteiger partial charge in [0.05, 0.1) is 5.02 Å². The Morgan fingerprint density at radius 2 is 1.50 bits per heavy atom. The Balaban J connectivity index is 1.50. The normalized spacial score (nSPS) is 10.6. The van der Waals surface area contributed by atoms with E-state index < -0.39 is 0 Å². The molecule has 0 unspecified atom stereocenters. The second-order valence-electron chi connectivity index (χ2n) is 6.19. The van der Waals surface area contributed by atoms with E-state index in [2.05, 4.69) is 5.32 Å². The van der Waals surface area contributed by atoms with E-state index in [9.17, 15) is 4.79 Å². The Morgan fingerprint density at radius 3 is 2.25 bits per heavy atom. The van der Waals surface area contributed by atoms with Gasteiger partial charge in [-0.25, -0.2) is 0 Å². The molecule has 0 aliphatic carbocycles. The minimum atomic E-state index is -0.336. The molecule has 1 aromatic heterocycles. The minimum absolute atomic E-state index is 0.193. The topological polar surface area (TPSA) is 42.2 Å². The number of rotatable bonds is 4. The summed E-state index contributed by atoms with van der Waals surface area (Å²) in [5, 5.41) is 3.88. The number of benzene rings is 3. The molecule has 0 spiro atoms. The van der Waals surface area contributed by atoms with Gasteiger partial charge in [0.15, 0.2) is 5.76 Å². The Kier molecular flexibility index (Phi) is 5.20. The van der Waals surface area contributed by atoms with E-state index in [4.69, 9.17) is 27.6 Å². The van der Waals surface area contributed by atoms with Crippen LogP contribution in [0, 0.1) is 0 Å². The molecular weight excluding hydrogens is 393 g/mol. The second-order valence-corrected chi connectivity index (χ2v) is 7.03. The van der Waals surface area contributed by atoms with Crippen LogP contribution < -0.4 is 5.32 Å². The monoisotopic (exact) mass is 407 g/mol. The lowest BCUT2D eigenvalue weighted by atomic mass is 10.1. The van der Waals surface area contributed by atoms with E-state index in [0.717, 1.165) is 11.1 Å². The molecule has 1 heterocycles. The van der Waals surface area contributed by atoms with Gasteiger partial charge in [-0.3, -0.25) is 4.79 Å². The molecule has 0 bridgehead atoms. The molecule has 0 atom stereocenters. The van der Waals surface area contributed by atoms with Crippen LogP contribution in [-0.2, 0) is 0 Å². The highest BCUT2D eigenvalue weighted by Gasteiger charge is 2.14. The van der Waals surface area contributed by atoms with Crippen LogP contribution in [0.2, 0.25) is 10.0 Å². The van der Waals surface area contributed by atoms with Gasteiger partial charge in [0.2, 0.25) is 0 Å². The smallest absolute Gasteiger partial charge is 0.291 e. The molecule has 5 heteroatoms. The van der Waals surface area contributed by atoms with Crippen molar-refractivity contribution in [1.82, 2.24) is 0 Å². The van der Waals surface area contributed by atoms with Crippen LogP contribution in [0.4, 0.5) is 5.69 Å². The third kappa shape index (κ3) is 3.96. The average molecular weight is 408 g/mol. The first kappa shape index (κ1) is 18.4. The van der Waals surface area contributed by atoms with Crippen LogP contribution in [0.3, 0.4) is 0 Å². The zero-order valence-corrected chi connectivity index (χ0v) is 16.2. The third-order valence-corrected chi connectivity index (χ3v) is 4.84. The fourth-order valence-corrected chi connectivity index (χ4v) is 3.24. The summed E-state index contributed by atoms with van der Waals surface area (Å²) in [5.74, 6) is 0.340. The summed E-state index contributed by atoms with van der Waals surface area (Å²) >= 11 is 12.2. The number of carbonyl (C=O) groups excluding carboxylic acids is 1. The van der Waals surface area contributed by atoms with E-state index in [-0.39, 0.29) is 11.7 Å². The highest BCUT2D eigenvalue weighted by Crippen LogP contribution is 2.32. The first-order valence-corrected chi connectivity index (χ1v) is 9.38. The number of anilines is 1. The minimum Gasteiger partial charge on any atom is -0.451 e. The molecule has 0 radical (unpaired) electrons. The van der Waals surface area contributed by atoms with Crippen LogP contribution in [0.5, 0.6) is 0 Å². The number of amides is 1. The maximum Gasteiger partial charge on any atom is 0.291 e. The van der Waals surface area contributed by atoms with Crippen LogP contribution in [0.1, 0.15) is 10.6 Å². The SMILES string of the molecule is O=C(Nc1ccc(-c2ccccc2)cc1)c1ccc(-c2cc(Cl)ccc2Cl)o1. The Labute approximate surface area is 172 Å². The molecule has 0 saturated heterocycles. The zero-order chi connectivity index (χ0) is 19.5. The summed E-state index contributed by atoms with van der Waals surface area (Å²) in [6.07, 6.45) is 0. The van der Waals surface area contributed by atoms with Crippen LogP contribution in [0.25, 0.3) is 22.5 Å². The number of furan rings is 1. The van der Waals surface area contributed by atoms with Gasteiger partial charge in [-0.15, -0.1) is 0 Å². The van der Waals surface area contributed by atoms with E-state index >= 15 is 0 Å². The molecule has 0 saturated carbocycles. The van der Waals surface area contributed by atoms with Crippen molar-refractivity contribution in [2.75, 3.05) is 5.32 Å². The van der Waals surface area contributed by atoms with Crippen molar-refractivity contribution in [2.24, 2.45) is 0 Å². The van der Waals surface area contributed by atoms with Gasteiger partial charge in [0.1, 0.15) is 5.76 Å². The summed E-state index contributed by atoms with van der Waals surface area (Å²) in [7, 11) is 0. The quantitative estimate of drug-likeness (QED) is 0.389. The molecule has 4 aromatic rings. The average Bonchev–Trinajstić information content (AvgIpc) is 3.21. The van der Waals surface area contributed by atoms with E-state index in [0.29, 0.717) is 27.1 Å². The van der Waals surface area contributed by atoms with Gasteiger partial charge in [-0.05, 0) is 53.6 Å². The summed E-state index contributed by atoms with van der Waals surface area (Å²) in [6, 6.07) is 26.1. The fraction of sp³-hybridized carbons (Fsp3) is 0. The van der Waals surface area contributed by atoms with Crippen molar-refractivity contribution < 1.29 is 9.21 Å². The zero-order valence-electron chi connectivity index (χ0n) is 14.7. The number of hydrogen-bond acceptors (Lipinski definition) is 2. The molecule has 138 valence electrons. The summed E-state index contributed by atoms with van der Waals surface area (Å²) in [6.45, 7) is 0. The number of nitrogens with one attached hydrogen (secondary N) is 1. The highest BCUT2D eigenvalue weighted by molar-refractivity contribution is 6.35. The van der Waals surface area contributed by atoms with Crippen molar-refractivity contribution in [1.29, 1.82) is 0 Å². The molecular formula is C23H15Cl2NO2. The summed E-state index contributed by atoms with van der Waals surface area (Å²) < 4.78 is 5.68. The fourth-order valence-electron chi connectivity index (χ4n) is 2.86. The summed E-state index contributed by atoms with van der Waals surface area (Å²) in [4.78, 5) is 12.5. The molecule has 0 aliphatic rings. The lowest BCUT2D eigenvalue weighted by Gasteiger charge is -2.06. The highest BCUT2D eigenvalue weighted by atomic mass is 35.5. The molecule has 3 nitrogen and oxygen atoms in total. The van der Waals surface area contributed by atoms with Crippen molar-refractivity contribution in [2.45, 2.75) is 0 Å². The first-order valence-electron chi connectivity index (χ1n) is 8.62. The number of carbonyl (C=O) groups is 1. The molecule has 4 rings (SSSR count). The van der Waals surface area contributed by atoms with Crippen LogP contribution >= 0.6 is 23.2 Å². The molecule has 0 aliphatic heterocycles. The molecule has 1 amide bonds. The van der Waals surface area contributed by atoms with Gasteiger partial charge in [0.25, 0.3) is 5.91 Å². The van der Waals surface area contributed by atoms with Crippen LogP contribution in [-0.4, -0.2) is 5.91 Å². The van der Waals surface area contributed by atoms with Gasteiger partial charge >= 0.3 is 0 Å². The predicted molar refractivity (Wildman–Crippen MR) is 114 cm³/mol. The lowest BCUT2D eigenvalue weighted by molar-refractivity contribution is 0.0997. The third-order valence-electron chi connectivity index (χ3n) is 4.27. The van der Waals surface area contributed by atoms with Crippen molar-refractivity contribution in [3.63, 3.8) is 0 Å². The van der Waals surface area contributed by atoms with E-state index in [1.807, 2.05) is 54.6 Å². The Hall–Kier alpha value is -3.01. The Bertz CT molecular complexity index is 1120. The number of hydrogen-bond donors (Lipinski definition) is 1. The largest absolute Gasteiger partial charge is 0.451 e. The molecule has 0 fully saturated rings. The van der Waals surface area contributed by atoms with Crippen LogP contribution in [0.15, 0.2) is 89.3 Å². The van der Waals surface area contributed by atoms with Gasteiger partial charge in [-0.2, -0.15) is 0 Å². The van der Waals surface area contributed by atoms with Crippen molar-refractivity contribution in [3.05, 3.63) is 101 Å². The van der Waals surface area contributed by atoms with Gasteiger partial charge < -0.3 is 9.73 Å². The molecule has 1 N–H and O–H groups in total. The lowest BCUT2D eigenvalue weighted by Crippen LogP contribution is -2.10. The maximum absolute atomic E-state index is 12.5. The van der Waals surface area contributed by atoms with Crippen molar-refractivity contribution in [3.8, 4) is 22.5 Å². The Morgan fingerprint density at radius 1 is 0.786 bits per heavy atom. The second kappa shape index (κ2) is 7.93. The maximum atomic E-state index is 12.5. The molecule has 28 heavy (non-hydrogen) atoms. The van der Waals surface area contributed by atoms with Gasteiger partial charge in [0, 0.05) is 16.3 Å². The van der Waals surface area contributed by atoms with E-state index in [1.165, 1.54) is 0 Å².